The number of aliphatic carboxylic acids is 1. The SMILES string of the molecule is N[C@H](CN1CCCC1)[C@H](O)c1ccc(OC2CC2)c(F)c1.O=C(N[C@H](CN1CCCC1)[C@H](O)c1ccc(OC2CC2)c(F)c1)C(F)(F)CCc1ccc2ccccc2c1.O=C(O)C(F)(F)CCc1ccc2ccccc2c1.S. The van der Waals surface area contributed by atoms with Crippen LogP contribution in [0.25, 0.3) is 21.5 Å². The van der Waals surface area contributed by atoms with Crippen molar-refractivity contribution in [3.05, 3.63) is 155 Å². The lowest BCUT2D eigenvalue weighted by Crippen LogP contribution is -2.51. The Hall–Kier alpha value is -5.89. The third-order valence-corrected chi connectivity index (χ3v) is 14.4. The maximum Gasteiger partial charge on any atom is 0.374 e. The Bertz CT molecular complexity index is 2940. The van der Waals surface area contributed by atoms with Gasteiger partial charge in [0.15, 0.2) is 23.1 Å². The van der Waals surface area contributed by atoms with Gasteiger partial charge in [0, 0.05) is 32.0 Å². The highest BCUT2D eigenvalue weighted by atomic mass is 32.1. The standard InChI is InChI=1S/C30H33F3N2O3.C16H23FN2O2.C14H12F2O2.H2S/c31-25-18-23(9-12-27(25)38-24-10-11-24)28(36)26(19-35-15-3-4-16-35)34-29(37)30(32,33)14-13-20-7-8-21-5-1-2-6-22(21)17-20;17-13-9-11(3-6-15(13)21-12-4-5-12)16(20)14(18)10-19-7-1-2-8-19;15-14(16,13(17)18)8-7-10-5-6-11-3-1-2-4-12(11)9-10;/h1-2,5-9,12,17-18,24,26,28,36H,3-4,10-11,13-16,19H2,(H,34,37);3,6,9,12,14,16,20H,1-2,4-5,7-8,10,18H2;1-6,9H,7-8H2,(H,17,18);1H2/t26-,28-;14-,16-;;/m11../s1. The summed E-state index contributed by atoms with van der Waals surface area (Å²) < 4.78 is 95.5. The number of aryl methyl sites for hydroxylation is 2. The lowest BCUT2D eigenvalue weighted by atomic mass is 9.99. The van der Waals surface area contributed by atoms with Gasteiger partial charge in [-0.15, -0.1) is 0 Å². The van der Waals surface area contributed by atoms with E-state index in [0.717, 1.165) is 97.9 Å². The number of hydrogen-bond acceptors (Lipinski definition) is 9. The van der Waals surface area contributed by atoms with Crippen LogP contribution in [-0.2, 0) is 22.4 Å². The molecule has 0 unspecified atom stereocenters. The number of carboxylic acid groups (broad SMARTS) is 1. The minimum absolute atomic E-state index is 0. The third-order valence-electron chi connectivity index (χ3n) is 14.4. The number of nitrogens with one attached hydrogen (secondary N) is 1. The molecule has 10 rings (SSSR count). The number of carbonyl (C=O) groups is 2. The van der Waals surface area contributed by atoms with Crippen LogP contribution in [0.5, 0.6) is 11.5 Å². The number of fused-ring (bicyclic) bond motifs is 2. The molecule has 4 atom stereocenters. The molecule has 6 N–H and O–H groups in total. The second-order valence-corrected chi connectivity index (χ2v) is 20.7. The molecule has 0 aromatic heterocycles. The van der Waals surface area contributed by atoms with Gasteiger partial charge >= 0.3 is 17.8 Å². The number of aliphatic hydroxyl groups is 2. The van der Waals surface area contributed by atoms with Crippen LogP contribution in [0.4, 0.5) is 26.3 Å². The molecular formula is C60H70F6N4O7S. The molecule has 1 amide bonds. The highest BCUT2D eigenvalue weighted by molar-refractivity contribution is 7.59. The van der Waals surface area contributed by atoms with E-state index in [1.165, 1.54) is 31.0 Å². The van der Waals surface area contributed by atoms with Crippen molar-refractivity contribution in [2.45, 2.75) is 125 Å². The van der Waals surface area contributed by atoms with Gasteiger partial charge in [0.05, 0.1) is 24.4 Å². The smallest absolute Gasteiger partial charge is 0.374 e. The molecule has 2 heterocycles. The summed E-state index contributed by atoms with van der Waals surface area (Å²) in [7, 11) is 0. The number of hydrogen-bond donors (Lipinski definition) is 5. The molecule has 2 aliphatic carbocycles. The van der Waals surface area contributed by atoms with Gasteiger partial charge in [-0.05, 0) is 158 Å². The van der Waals surface area contributed by atoms with Crippen molar-refractivity contribution in [3.8, 4) is 11.5 Å². The van der Waals surface area contributed by atoms with Crippen LogP contribution in [0.2, 0.25) is 0 Å². The van der Waals surface area contributed by atoms with E-state index >= 15 is 8.78 Å². The second kappa shape index (κ2) is 27.3. The Kier molecular flexibility index (Phi) is 20.9. The zero-order chi connectivity index (χ0) is 54.7. The average molecular weight is 1110 g/mol. The Morgan fingerprint density at radius 2 is 1.01 bits per heavy atom. The Morgan fingerprint density at radius 1 is 0.590 bits per heavy atom. The number of benzene rings is 6. The summed E-state index contributed by atoms with van der Waals surface area (Å²) in [5.74, 6) is -11.5. The van der Waals surface area contributed by atoms with Gasteiger partial charge in [-0.1, -0.05) is 97.1 Å². The van der Waals surface area contributed by atoms with Crippen molar-refractivity contribution in [3.63, 3.8) is 0 Å². The number of nitrogens with zero attached hydrogens (tertiary/aromatic N) is 2. The van der Waals surface area contributed by atoms with Gasteiger partial charge in [-0.3, -0.25) is 4.79 Å². The van der Waals surface area contributed by atoms with E-state index in [2.05, 4.69) is 10.2 Å². The predicted octanol–water partition coefficient (Wildman–Crippen LogP) is 10.8. The predicted molar refractivity (Wildman–Crippen MR) is 294 cm³/mol. The summed E-state index contributed by atoms with van der Waals surface area (Å²) in [5.41, 5.74) is 8.22. The van der Waals surface area contributed by atoms with Crippen molar-refractivity contribution < 1.29 is 60.7 Å². The van der Waals surface area contributed by atoms with E-state index in [0.29, 0.717) is 17.7 Å². The van der Waals surface area contributed by atoms with Crippen molar-refractivity contribution in [1.82, 2.24) is 15.1 Å². The van der Waals surface area contributed by atoms with Crippen molar-refractivity contribution in [1.29, 1.82) is 0 Å². The molecule has 2 saturated carbocycles. The zero-order valence-electron chi connectivity index (χ0n) is 43.5. The lowest BCUT2D eigenvalue weighted by Gasteiger charge is -2.30. The highest BCUT2D eigenvalue weighted by Gasteiger charge is 2.41. The van der Waals surface area contributed by atoms with Crippen molar-refractivity contribution in [2.75, 3.05) is 39.3 Å². The minimum atomic E-state index is -3.66. The molecule has 78 heavy (non-hydrogen) atoms. The first-order valence-electron chi connectivity index (χ1n) is 26.6. The molecule has 0 radical (unpaired) electrons. The van der Waals surface area contributed by atoms with E-state index in [1.54, 1.807) is 24.3 Å². The molecule has 6 aromatic rings. The van der Waals surface area contributed by atoms with Crippen LogP contribution in [-0.4, -0.2) is 112 Å². The van der Waals surface area contributed by atoms with E-state index in [1.807, 2.05) is 77.7 Å². The molecular weight excluding hydrogens is 1030 g/mol. The van der Waals surface area contributed by atoms with Crippen molar-refractivity contribution >= 4 is 46.9 Å². The number of rotatable bonds is 21. The van der Waals surface area contributed by atoms with Crippen LogP contribution >= 0.6 is 13.5 Å². The average Bonchev–Trinajstić information content (AvgIpc) is 4.32. The Morgan fingerprint density at radius 3 is 1.45 bits per heavy atom. The summed E-state index contributed by atoms with van der Waals surface area (Å²) in [6.45, 7) is 4.39. The molecule has 11 nitrogen and oxygen atoms in total. The van der Waals surface area contributed by atoms with Gasteiger partial charge < -0.3 is 45.6 Å². The number of nitrogens with two attached hydrogens (primary N) is 1. The number of aliphatic hydroxyl groups excluding tert-OH is 2. The molecule has 2 saturated heterocycles. The molecule has 18 heteroatoms. The van der Waals surface area contributed by atoms with Gasteiger partial charge in [0.2, 0.25) is 0 Å². The highest BCUT2D eigenvalue weighted by Crippen LogP contribution is 2.33. The molecule has 2 aliphatic heterocycles. The fourth-order valence-electron chi connectivity index (χ4n) is 9.52. The van der Waals surface area contributed by atoms with Gasteiger partial charge in [-0.2, -0.15) is 31.1 Å². The van der Waals surface area contributed by atoms with Crippen LogP contribution in [0.15, 0.2) is 121 Å². The fraction of sp³-hybridized carbons (Fsp3) is 0.433. The summed E-state index contributed by atoms with van der Waals surface area (Å²) in [6, 6.07) is 33.5. The van der Waals surface area contributed by atoms with Crippen LogP contribution in [0.1, 0.15) is 98.7 Å². The molecule has 0 bridgehead atoms. The largest absolute Gasteiger partial charge is 0.487 e. The summed E-state index contributed by atoms with van der Waals surface area (Å²) in [4.78, 5) is 27.3. The number of ether oxygens (including phenoxy) is 2. The van der Waals surface area contributed by atoms with Crippen LogP contribution in [0, 0.1) is 11.6 Å². The van der Waals surface area contributed by atoms with E-state index < -0.39 is 72.5 Å². The van der Waals surface area contributed by atoms with Gasteiger partial charge in [0.1, 0.15) is 6.10 Å². The third kappa shape index (κ3) is 17.1. The summed E-state index contributed by atoms with van der Waals surface area (Å²) in [5, 5.41) is 36.1. The van der Waals surface area contributed by atoms with E-state index in [4.69, 9.17) is 20.3 Å². The molecule has 4 fully saturated rings. The fourth-order valence-corrected chi connectivity index (χ4v) is 9.52. The summed E-state index contributed by atoms with van der Waals surface area (Å²) >= 11 is 0. The van der Waals surface area contributed by atoms with Gasteiger partial charge in [-0.25, -0.2) is 13.6 Å². The molecule has 6 aromatic carbocycles. The normalized spacial score (nSPS) is 17.4. The maximum atomic E-state index is 15.0. The zero-order valence-corrected chi connectivity index (χ0v) is 44.5. The number of likely N-dealkylation sites (tertiary alicyclic amines) is 2. The number of amides is 1. The Balaban J connectivity index is 0.000000186. The van der Waals surface area contributed by atoms with Crippen molar-refractivity contribution in [2.24, 2.45) is 5.73 Å². The second-order valence-electron chi connectivity index (χ2n) is 20.7. The van der Waals surface area contributed by atoms with Crippen LogP contribution in [0.3, 0.4) is 0 Å². The number of halogens is 6. The topological polar surface area (TPSA) is 158 Å². The Labute approximate surface area is 458 Å². The summed E-state index contributed by atoms with van der Waals surface area (Å²) in [6.07, 6.45) is 4.72. The first-order valence-corrected chi connectivity index (χ1v) is 26.6. The molecule has 0 spiro atoms. The first-order chi connectivity index (χ1) is 36.9. The van der Waals surface area contributed by atoms with E-state index in [-0.39, 0.29) is 62.2 Å². The molecule has 420 valence electrons. The number of carboxylic acids is 1. The number of carbonyl (C=O) groups excluding carboxylic acids is 1. The van der Waals surface area contributed by atoms with Crippen LogP contribution < -0.4 is 20.5 Å². The van der Waals surface area contributed by atoms with Gasteiger partial charge in [0.25, 0.3) is 5.91 Å². The first kappa shape index (κ1) is 59.8. The minimum Gasteiger partial charge on any atom is -0.487 e. The quantitative estimate of drug-likeness (QED) is 0.0440. The lowest BCUT2D eigenvalue weighted by molar-refractivity contribution is -0.165. The van der Waals surface area contributed by atoms with E-state index in [9.17, 15) is 37.4 Å². The monoisotopic (exact) mass is 1100 g/mol. The maximum absolute atomic E-state index is 15.0. The molecule has 4 aliphatic rings. The number of alkyl halides is 4.